The van der Waals surface area contributed by atoms with Crippen LogP contribution in [-0.2, 0) is 14.4 Å². The summed E-state index contributed by atoms with van der Waals surface area (Å²) in [6.07, 6.45) is -0.0752. The standard InChI is InChI=1S/C33H39N5O3/c1-24-19-25(2)21-28(20-24)35-30(39)22-29-33(41)34-13-14-38(29)31(40)23-36-15-17-37(18-16-36)32(26-9-5-3-6-10-26)27-11-7-4-8-12-27/h3-12,19-21,29,32H,13-18,22-23H2,1-2H3,(H,34,41)(H,35,39)/t29-/m0/s1. The Bertz CT molecular complexity index is 1300. The molecule has 214 valence electrons. The van der Waals surface area contributed by atoms with Crippen LogP contribution in [-0.4, -0.2) is 84.3 Å². The van der Waals surface area contributed by atoms with Crippen molar-refractivity contribution in [2.24, 2.45) is 0 Å². The number of anilines is 1. The van der Waals surface area contributed by atoms with Gasteiger partial charge in [-0.15, -0.1) is 0 Å². The molecule has 1 atom stereocenters. The summed E-state index contributed by atoms with van der Waals surface area (Å²) in [6, 6.07) is 26.2. The minimum Gasteiger partial charge on any atom is -0.353 e. The molecular weight excluding hydrogens is 514 g/mol. The number of hydrogen-bond acceptors (Lipinski definition) is 5. The molecular formula is C33H39N5O3. The van der Waals surface area contributed by atoms with Crippen molar-refractivity contribution in [1.82, 2.24) is 20.0 Å². The molecule has 2 saturated heterocycles. The predicted octanol–water partition coefficient (Wildman–Crippen LogP) is 3.37. The third-order valence-electron chi connectivity index (χ3n) is 7.90. The molecule has 0 aliphatic carbocycles. The summed E-state index contributed by atoms with van der Waals surface area (Å²) in [5.74, 6) is -0.671. The first-order chi connectivity index (χ1) is 19.9. The summed E-state index contributed by atoms with van der Waals surface area (Å²) < 4.78 is 0. The molecule has 0 bridgehead atoms. The molecule has 3 amide bonds. The molecule has 2 N–H and O–H groups in total. The van der Waals surface area contributed by atoms with Gasteiger partial charge in [0, 0.05) is 45.0 Å². The van der Waals surface area contributed by atoms with Crippen molar-refractivity contribution in [3.8, 4) is 0 Å². The molecule has 2 fully saturated rings. The normalized spacial score (nSPS) is 18.3. The van der Waals surface area contributed by atoms with Crippen molar-refractivity contribution in [3.05, 3.63) is 101 Å². The summed E-state index contributed by atoms with van der Waals surface area (Å²) in [6.45, 7) is 8.12. The second-order valence-electron chi connectivity index (χ2n) is 11.1. The van der Waals surface area contributed by atoms with Gasteiger partial charge in [0.25, 0.3) is 0 Å². The highest BCUT2D eigenvalue weighted by Crippen LogP contribution is 2.29. The van der Waals surface area contributed by atoms with Crippen molar-refractivity contribution in [1.29, 1.82) is 0 Å². The van der Waals surface area contributed by atoms with E-state index < -0.39 is 6.04 Å². The van der Waals surface area contributed by atoms with Gasteiger partial charge >= 0.3 is 0 Å². The summed E-state index contributed by atoms with van der Waals surface area (Å²) in [4.78, 5) is 45.4. The fourth-order valence-corrected chi connectivity index (χ4v) is 6.00. The molecule has 3 aromatic carbocycles. The smallest absolute Gasteiger partial charge is 0.243 e. The zero-order valence-electron chi connectivity index (χ0n) is 23.9. The van der Waals surface area contributed by atoms with E-state index in [0.29, 0.717) is 18.8 Å². The Kier molecular flexibility index (Phi) is 9.11. The molecule has 3 aromatic rings. The number of rotatable bonds is 8. The van der Waals surface area contributed by atoms with E-state index in [0.717, 1.165) is 37.3 Å². The maximum absolute atomic E-state index is 13.5. The van der Waals surface area contributed by atoms with Crippen LogP contribution in [0.2, 0.25) is 0 Å². The average Bonchev–Trinajstić information content (AvgIpc) is 2.96. The Balaban J connectivity index is 1.20. The van der Waals surface area contributed by atoms with Crippen molar-refractivity contribution >= 4 is 23.4 Å². The first-order valence-corrected chi connectivity index (χ1v) is 14.4. The molecule has 0 aromatic heterocycles. The van der Waals surface area contributed by atoms with E-state index in [1.807, 2.05) is 44.2 Å². The largest absolute Gasteiger partial charge is 0.353 e. The highest BCUT2D eigenvalue weighted by Gasteiger charge is 2.36. The maximum Gasteiger partial charge on any atom is 0.243 e. The van der Waals surface area contributed by atoms with Crippen LogP contribution < -0.4 is 10.6 Å². The molecule has 0 radical (unpaired) electrons. The second kappa shape index (κ2) is 13.1. The van der Waals surface area contributed by atoms with E-state index in [9.17, 15) is 14.4 Å². The molecule has 8 nitrogen and oxygen atoms in total. The Hall–Kier alpha value is -4.01. The highest BCUT2D eigenvalue weighted by atomic mass is 16.2. The van der Waals surface area contributed by atoms with Crippen LogP contribution in [0.3, 0.4) is 0 Å². The Morgan fingerprint density at radius 1 is 0.854 bits per heavy atom. The van der Waals surface area contributed by atoms with Gasteiger partial charge in [-0.3, -0.25) is 24.2 Å². The molecule has 41 heavy (non-hydrogen) atoms. The minimum absolute atomic E-state index is 0.0752. The van der Waals surface area contributed by atoms with Crippen LogP contribution in [0.25, 0.3) is 0 Å². The zero-order valence-corrected chi connectivity index (χ0v) is 23.9. The van der Waals surface area contributed by atoms with Gasteiger partial charge in [-0.05, 0) is 48.2 Å². The summed E-state index contributed by atoms with van der Waals surface area (Å²) in [5, 5.41) is 5.73. The second-order valence-corrected chi connectivity index (χ2v) is 11.1. The summed E-state index contributed by atoms with van der Waals surface area (Å²) in [7, 11) is 0. The van der Waals surface area contributed by atoms with Gasteiger partial charge < -0.3 is 15.5 Å². The molecule has 8 heteroatoms. The quantitative estimate of drug-likeness (QED) is 0.447. The average molecular weight is 554 g/mol. The summed E-state index contributed by atoms with van der Waals surface area (Å²) in [5.41, 5.74) is 5.30. The number of nitrogens with zero attached hydrogens (tertiary/aromatic N) is 3. The van der Waals surface area contributed by atoms with E-state index in [2.05, 4.69) is 69.0 Å². The number of nitrogens with one attached hydrogen (secondary N) is 2. The van der Waals surface area contributed by atoms with Gasteiger partial charge in [0.05, 0.1) is 19.0 Å². The number of benzene rings is 3. The minimum atomic E-state index is -0.816. The molecule has 2 heterocycles. The lowest BCUT2D eigenvalue weighted by molar-refractivity contribution is -0.145. The molecule has 2 aliphatic heterocycles. The number of hydrogen-bond donors (Lipinski definition) is 2. The van der Waals surface area contributed by atoms with E-state index in [4.69, 9.17) is 0 Å². The Morgan fingerprint density at radius 3 is 2.02 bits per heavy atom. The molecule has 5 rings (SSSR count). The Morgan fingerprint density at radius 2 is 1.44 bits per heavy atom. The number of piperazine rings is 2. The first-order valence-electron chi connectivity index (χ1n) is 14.4. The van der Waals surface area contributed by atoms with Crippen molar-refractivity contribution < 1.29 is 14.4 Å². The predicted molar refractivity (Wildman–Crippen MR) is 160 cm³/mol. The van der Waals surface area contributed by atoms with Crippen molar-refractivity contribution in [2.75, 3.05) is 51.1 Å². The van der Waals surface area contributed by atoms with Crippen molar-refractivity contribution in [3.63, 3.8) is 0 Å². The molecule has 0 unspecified atom stereocenters. The topological polar surface area (TPSA) is 85.0 Å². The van der Waals surface area contributed by atoms with Crippen LogP contribution in [0.15, 0.2) is 78.9 Å². The maximum atomic E-state index is 13.5. The van der Waals surface area contributed by atoms with E-state index in [1.54, 1.807) is 4.90 Å². The highest BCUT2D eigenvalue weighted by molar-refractivity contribution is 5.97. The third-order valence-corrected chi connectivity index (χ3v) is 7.90. The first kappa shape index (κ1) is 28.5. The van der Waals surface area contributed by atoms with Gasteiger partial charge in [-0.25, -0.2) is 0 Å². The summed E-state index contributed by atoms with van der Waals surface area (Å²) >= 11 is 0. The number of amides is 3. The molecule has 0 saturated carbocycles. The number of carbonyl (C=O) groups excluding carboxylic acids is 3. The molecule has 0 spiro atoms. The third kappa shape index (κ3) is 7.20. The Labute approximate surface area is 242 Å². The monoisotopic (exact) mass is 553 g/mol. The van der Waals surface area contributed by atoms with Crippen molar-refractivity contribution in [2.45, 2.75) is 32.4 Å². The lowest BCUT2D eigenvalue weighted by atomic mass is 9.96. The lowest BCUT2D eigenvalue weighted by Crippen LogP contribution is -2.60. The van der Waals surface area contributed by atoms with Gasteiger partial charge in [-0.1, -0.05) is 66.7 Å². The van der Waals surface area contributed by atoms with Crippen LogP contribution in [0, 0.1) is 13.8 Å². The van der Waals surface area contributed by atoms with Crippen LogP contribution in [0.5, 0.6) is 0 Å². The van der Waals surface area contributed by atoms with Gasteiger partial charge in [-0.2, -0.15) is 0 Å². The van der Waals surface area contributed by atoms with Gasteiger partial charge in [0.1, 0.15) is 6.04 Å². The fraction of sp³-hybridized carbons (Fsp3) is 0.364. The number of aryl methyl sites for hydroxylation is 2. The van der Waals surface area contributed by atoms with Gasteiger partial charge in [0.2, 0.25) is 17.7 Å². The van der Waals surface area contributed by atoms with E-state index in [1.165, 1.54) is 11.1 Å². The van der Waals surface area contributed by atoms with Crippen LogP contribution in [0.1, 0.15) is 34.7 Å². The fourth-order valence-electron chi connectivity index (χ4n) is 6.00. The van der Waals surface area contributed by atoms with Crippen LogP contribution >= 0.6 is 0 Å². The number of carbonyl (C=O) groups is 3. The SMILES string of the molecule is Cc1cc(C)cc(NC(=O)C[C@H]2C(=O)NCCN2C(=O)CN2CCN(C(c3ccccc3)c3ccccc3)CC2)c1. The van der Waals surface area contributed by atoms with E-state index in [-0.39, 0.29) is 36.7 Å². The lowest BCUT2D eigenvalue weighted by Gasteiger charge is -2.41. The van der Waals surface area contributed by atoms with Gasteiger partial charge in [0.15, 0.2) is 0 Å². The van der Waals surface area contributed by atoms with E-state index >= 15 is 0 Å². The molecule has 2 aliphatic rings. The van der Waals surface area contributed by atoms with Crippen LogP contribution in [0.4, 0.5) is 5.69 Å². The zero-order chi connectivity index (χ0) is 28.8.